The van der Waals surface area contributed by atoms with E-state index in [2.05, 4.69) is 20.6 Å². The lowest BCUT2D eigenvalue weighted by Crippen LogP contribution is -2.12. The van der Waals surface area contributed by atoms with Gasteiger partial charge in [0.2, 0.25) is 5.95 Å². The third kappa shape index (κ3) is 3.77. The third-order valence-corrected chi connectivity index (χ3v) is 2.38. The summed E-state index contributed by atoms with van der Waals surface area (Å²) in [6.45, 7) is 0. The van der Waals surface area contributed by atoms with Gasteiger partial charge in [0.05, 0.1) is 0 Å². The molecule has 21 heavy (non-hydrogen) atoms. The number of benzene rings is 1. The standard InChI is InChI=1S/C12H9F5N4/c1-18-11-20-9(12(15,16)17)5-10(21-11)19-8-3-6(13)2-7(14)4-8/h2-5H,1H3,(H2,18,19,20,21). The summed E-state index contributed by atoms with van der Waals surface area (Å²) in [6.07, 6.45) is -4.67. The zero-order valence-electron chi connectivity index (χ0n) is 10.6. The molecule has 112 valence electrons. The van der Waals surface area contributed by atoms with Crippen LogP contribution in [0.3, 0.4) is 0 Å². The average Bonchev–Trinajstić information content (AvgIpc) is 2.36. The molecule has 2 N–H and O–H groups in total. The molecule has 0 saturated heterocycles. The fourth-order valence-corrected chi connectivity index (χ4v) is 1.54. The van der Waals surface area contributed by atoms with Crippen molar-refractivity contribution in [1.82, 2.24) is 9.97 Å². The zero-order valence-corrected chi connectivity index (χ0v) is 10.6. The van der Waals surface area contributed by atoms with E-state index in [4.69, 9.17) is 0 Å². The van der Waals surface area contributed by atoms with Crippen LogP contribution in [-0.4, -0.2) is 17.0 Å². The van der Waals surface area contributed by atoms with Gasteiger partial charge in [-0.3, -0.25) is 0 Å². The van der Waals surface area contributed by atoms with E-state index in [1.165, 1.54) is 7.05 Å². The quantitative estimate of drug-likeness (QED) is 0.851. The van der Waals surface area contributed by atoms with Gasteiger partial charge < -0.3 is 10.6 Å². The summed E-state index contributed by atoms with van der Waals surface area (Å²) in [7, 11) is 1.35. The maximum absolute atomic E-state index is 13.0. The van der Waals surface area contributed by atoms with Crippen molar-refractivity contribution in [1.29, 1.82) is 0 Å². The second-order valence-electron chi connectivity index (χ2n) is 3.99. The topological polar surface area (TPSA) is 49.8 Å². The van der Waals surface area contributed by atoms with Crippen LogP contribution in [0.2, 0.25) is 0 Å². The molecule has 0 atom stereocenters. The van der Waals surface area contributed by atoms with Crippen molar-refractivity contribution in [2.45, 2.75) is 6.18 Å². The van der Waals surface area contributed by atoms with Crippen LogP contribution in [0.25, 0.3) is 0 Å². The molecule has 0 unspecified atom stereocenters. The molecule has 0 spiro atoms. The van der Waals surface area contributed by atoms with E-state index in [0.717, 1.165) is 12.1 Å². The van der Waals surface area contributed by atoms with Gasteiger partial charge in [0, 0.05) is 24.9 Å². The molecule has 2 aromatic rings. The second-order valence-corrected chi connectivity index (χ2v) is 3.99. The summed E-state index contributed by atoms with van der Waals surface area (Å²) in [6, 6.07) is 3.14. The Hall–Kier alpha value is -2.45. The zero-order chi connectivity index (χ0) is 15.6. The molecule has 1 aromatic heterocycles. The minimum absolute atomic E-state index is 0.0682. The van der Waals surface area contributed by atoms with Crippen LogP contribution >= 0.6 is 0 Å². The Morgan fingerprint density at radius 2 is 1.57 bits per heavy atom. The smallest absolute Gasteiger partial charge is 0.357 e. The van der Waals surface area contributed by atoms with E-state index in [0.29, 0.717) is 12.1 Å². The van der Waals surface area contributed by atoms with Crippen molar-refractivity contribution < 1.29 is 22.0 Å². The third-order valence-electron chi connectivity index (χ3n) is 2.38. The first-order chi connectivity index (χ1) is 9.77. The number of nitrogens with one attached hydrogen (secondary N) is 2. The number of rotatable bonds is 3. The Morgan fingerprint density at radius 1 is 0.952 bits per heavy atom. The summed E-state index contributed by atoms with van der Waals surface area (Å²) < 4.78 is 64.1. The molecule has 0 aliphatic rings. The van der Waals surface area contributed by atoms with Crippen molar-refractivity contribution in [2.24, 2.45) is 0 Å². The normalized spacial score (nSPS) is 11.3. The number of hydrogen-bond donors (Lipinski definition) is 2. The molecule has 4 nitrogen and oxygen atoms in total. The van der Waals surface area contributed by atoms with E-state index in [-0.39, 0.29) is 17.5 Å². The molecule has 0 radical (unpaired) electrons. The second kappa shape index (κ2) is 5.51. The van der Waals surface area contributed by atoms with Crippen LogP contribution in [0.15, 0.2) is 24.3 Å². The molecule has 0 saturated carbocycles. The first-order valence-electron chi connectivity index (χ1n) is 5.65. The molecule has 9 heteroatoms. The Labute approximate surface area is 116 Å². The number of halogens is 5. The predicted molar refractivity (Wildman–Crippen MR) is 66.2 cm³/mol. The van der Waals surface area contributed by atoms with Gasteiger partial charge >= 0.3 is 6.18 Å². The summed E-state index contributed by atoms with van der Waals surface area (Å²) in [5.74, 6) is -2.25. The van der Waals surface area contributed by atoms with Gasteiger partial charge in [0.25, 0.3) is 0 Å². The molecule has 0 aliphatic heterocycles. The minimum atomic E-state index is -4.67. The van der Waals surface area contributed by atoms with Crippen molar-refractivity contribution in [3.8, 4) is 0 Å². The van der Waals surface area contributed by atoms with Crippen LogP contribution in [0, 0.1) is 11.6 Å². The highest BCUT2D eigenvalue weighted by Gasteiger charge is 2.33. The predicted octanol–water partition coefficient (Wildman–Crippen LogP) is 3.56. The largest absolute Gasteiger partial charge is 0.433 e. The molecule has 0 fully saturated rings. The first kappa shape index (κ1) is 14.9. The van der Waals surface area contributed by atoms with Gasteiger partial charge in [0.15, 0.2) is 5.69 Å². The van der Waals surface area contributed by atoms with Gasteiger partial charge in [-0.15, -0.1) is 0 Å². The van der Waals surface area contributed by atoms with Crippen LogP contribution < -0.4 is 10.6 Å². The van der Waals surface area contributed by atoms with E-state index < -0.39 is 23.5 Å². The lowest BCUT2D eigenvalue weighted by Gasteiger charge is -2.11. The van der Waals surface area contributed by atoms with Crippen molar-refractivity contribution >= 4 is 17.5 Å². The highest BCUT2D eigenvalue weighted by atomic mass is 19.4. The van der Waals surface area contributed by atoms with Gasteiger partial charge in [-0.05, 0) is 12.1 Å². The van der Waals surface area contributed by atoms with Crippen LogP contribution in [0.4, 0.5) is 39.4 Å². The highest BCUT2D eigenvalue weighted by Crippen LogP contribution is 2.30. The lowest BCUT2D eigenvalue weighted by molar-refractivity contribution is -0.141. The van der Waals surface area contributed by atoms with Gasteiger partial charge in [-0.2, -0.15) is 18.2 Å². The van der Waals surface area contributed by atoms with Gasteiger partial charge in [0.1, 0.15) is 17.5 Å². The van der Waals surface area contributed by atoms with Gasteiger partial charge in [-0.25, -0.2) is 13.8 Å². The molecule has 2 rings (SSSR count). The van der Waals surface area contributed by atoms with E-state index in [1.54, 1.807) is 0 Å². The fraction of sp³-hybridized carbons (Fsp3) is 0.167. The molecular weight excluding hydrogens is 295 g/mol. The molecule has 0 aliphatic carbocycles. The summed E-state index contributed by atoms with van der Waals surface area (Å²) in [5.41, 5.74) is -1.25. The summed E-state index contributed by atoms with van der Waals surface area (Å²) in [4.78, 5) is 7.01. The number of anilines is 3. The first-order valence-corrected chi connectivity index (χ1v) is 5.65. The van der Waals surface area contributed by atoms with Crippen LogP contribution in [-0.2, 0) is 6.18 Å². The molecule has 0 amide bonds. The Bertz CT molecular complexity index is 636. The van der Waals surface area contributed by atoms with Crippen molar-refractivity contribution in [3.05, 3.63) is 41.6 Å². The Morgan fingerprint density at radius 3 is 2.10 bits per heavy atom. The van der Waals surface area contributed by atoms with Gasteiger partial charge in [-0.1, -0.05) is 0 Å². The lowest BCUT2D eigenvalue weighted by atomic mass is 10.3. The number of nitrogens with zero attached hydrogens (tertiary/aromatic N) is 2. The van der Waals surface area contributed by atoms with Crippen LogP contribution in [0.5, 0.6) is 0 Å². The van der Waals surface area contributed by atoms with Crippen molar-refractivity contribution in [2.75, 3.05) is 17.7 Å². The average molecular weight is 304 g/mol. The van der Waals surface area contributed by atoms with E-state index in [9.17, 15) is 22.0 Å². The van der Waals surface area contributed by atoms with Crippen molar-refractivity contribution in [3.63, 3.8) is 0 Å². The SMILES string of the molecule is CNc1nc(Nc2cc(F)cc(F)c2)cc(C(F)(F)F)n1. The van der Waals surface area contributed by atoms with E-state index >= 15 is 0 Å². The maximum atomic E-state index is 13.0. The summed E-state index contributed by atoms with van der Waals surface area (Å²) in [5, 5.41) is 4.78. The number of hydrogen-bond acceptors (Lipinski definition) is 4. The minimum Gasteiger partial charge on any atom is -0.357 e. The van der Waals surface area contributed by atoms with Crippen LogP contribution in [0.1, 0.15) is 5.69 Å². The highest BCUT2D eigenvalue weighted by molar-refractivity contribution is 5.57. The number of aromatic nitrogens is 2. The molecular formula is C12H9F5N4. The monoisotopic (exact) mass is 304 g/mol. The Balaban J connectivity index is 2.39. The fourth-order valence-electron chi connectivity index (χ4n) is 1.54. The Kier molecular flexibility index (Phi) is 3.92. The maximum Gasteiger partial charge on any atom is 0.433 e. The van der Waals surface area contributed by atoms with E-state index in [1.807, 2.05) is 0 Å². The molecule has 1 aromatic carbocycles. The molecule has 1 heterocycles. The summed E-state index contributed by atoms with van der Waals surface area (Å²) >= 11 is 0. The molecule has 0 bridgehead atoms. The number of alkyl halides is 3.